The van der Waals surface area contributed by atoms with Gasteiger partial charge in [-0.3, -0.25) is 4.79 Å². The number of aliphatic imine (C=N–C) groups is 1. The maximum absolute atomic E-state index is 12.5. The van der Waals surface area contributed by atoms with Gasteiger partial charge in [-0.25, -0.2) is 4.99 Å². The Balaban J connectivity index is 1.42. The molecule has 0 N–H and O–H groups in total. The largest absolute Gasteiger partial charge is 0.454 e. The lowest BCUT2D eigenvalue weighted by Gasteiger charge is -2.39. The zero-order valence-corrected chi connectivity index (χ0v) is 15.3. The lowest BCUT2D eigenvalue weighted by molar-refractivity contribution is -0.139. The van der Waals surface area contributed by atoms with Gasteiger partial charge in [0.1, 0.15) is 17.3 Å². The quantitative estimate of drug-likeness (QED) is 0.776. The van der Waals surface area contributed by atoms with Crippen LogP contribution >= 0.6 is 0 Å². The Kier molecular flexibility index (Phi) is 4.07. The maximum atomic E-state index is 12.5. The van der Waals surface area contributed by atoms with E-state index in [0.717, 1.165) is 67.6 Å². The van der Waals surface area contributed by atoms with Crippen molar-refractivity contribution in [3.05, 3.63) is 54.1 Å². The molecule has 5 nitrogen and oxygen atoms in total. The number of hydrogen-bond donors (Lipinski definition) is 0. The van der Waals surface area contributed by atoms with Gasteiger partial charge in [-0.2, -0.15) is 0 Å². The summed E-state index contributed by atoms with van der Waals surface area (Å²) in [6.45, 7) is 3.12. The monoisotopic (exact) mass is 361 g/mol. The van der Waals surface area contributed by atoms with Gasteiger partial charge < -0.3 is 14.5 Å². The van der Waals surface area contributed by atoms with Crippen LogP contribution in [0.2, 0.25) is 0 Å². The van der Waals surface area contributed by atoms with Gasteiger partial charge in [-0.05, 0) is 37.1 Å². The molecular formula is C22H23N3O2. The average molecular weight is 361 g/mol. The Hall–Kier alpha value is -2.82. The normalized spacial score (nSPS) is 19.2. The maximum Gasteiger partial charge on any atom is 0.225 e. The molecule has 2 aliphatic heterocycles. The standard InChI is InChI=1S/C22H23N3O2/c26-22(16-6-5-7-16)25-14-12-24(13-15-25)21-17-8-1-3-10-19(17)27-20-11-4-2-9-18(20)23-21/h1-4,8-11,16H,5-7,12-15H2. The Morgan fingerprint density at radius 3 is 2.37 bits per heavy atom. The fourth-order valence-electron chi connectivity index (χ4n) is 3.96. The number of rotatable bonds is 1. The minimum Gasteiger partial charge on any atom is -0.454 e. The van der Waals surface area contributed by atoms with Crippen LogP contribution in [-0.2, 0) is 4.79 Å². The van der Waals surface area contributed by atoms with Crippen molar-refractivity contribution < 1.29 is 9.53 Å². The molecule has 0 radical (unpaired) electrons. The first kappa shape index (κ1) is 16.4. The van der Waals surface area contributed by atoms with Crippen molar-refractivity contribution in [1.82, 2.24) is 9.80 Å². The van der Waals surface area contributed by atoms with Crippen molar-refractivity contribution >= 4 is 17.4 Å². The summed E-state index contributed by atoms with van der Waals surface area (Å²) in [5, 5.41) is 0. The van der Waals surface area contributed by atoms with E-state index in [4.69, 9.17) is 9.73 Å². The molecule has 138 valence electrons. The van der Waals surface area contributed by atoms with Crippen LogP contribution in [0, 0.1) is 5.92 Å². The number of amides is 1. The summed E-state index contributed by atoms with van der Waals surface area (Å²) in [6.07, 6.45) is 3.32. The van der Waals surface area contributed by atoms with E-state index in [1.165, 1.54) is 6.42 Å². The van der Waals surface area contributed by atoms with Gasteiger partial charge in [0, 0.05) is 32.1 Å². The van der Waals surface area contributed by atoms with E-state index >= 15 is 0 Å². The molecule has 2 aromatic carbocycles. The fraction of sp³-hybridized carbons (Fsp3) is 0.364. The van der Waals surface area contributed by atoms with Crippen LogP contribution in [0.25, 0.3) is 0 Å². The molecule has 1 aliphatic carbocycles. The summed E-state index contributed by atoms with van der Waals surface area (Å²) in [5.41, 5.74) is 1.85. The summed E-state index contributed by atoms with van der Waals surface area (Å²) >= 11 is 0. The Labute approximate surface area is 159 Å². The molecule has 0 aromatic heterocycles. The van der Waals surface area contributed by atoms with Crippen molar-refractivity contribution in [2.24, 2.45) is 10.9 Å². The van der Waals surface area contributed by atoms with E-state index in [9.17, 15) is 4.79 Å². The second-order valence-electron chi connectivity index (χ2n) is 7.44. The van der Waals surface area contributed by atoms with Gasteiger partial charge in [0.2, 0.25) is 5.91 Å². The van der Waals surface area contributed by atoms with Crippen LogP contribution in [0.15, 0.2) is 53.5 Å². The number of benzene rings is 2. The highest BCUT2D eigenvalue weighted by atomic mass is 16.5. The average Bonchev–Trinajstić information content (AvgIpc) is 2.83. The predicted molar refractivity (Wildman–Crippen MR) is 105 cm³/mol. The summed E-state index contributed by atoms with van der Waals surface area (Å²) < 4.78 is 6.13. The number of amidine groups is 1. The van der Waals surface area contributed by atoms with Gasteiger partial charge in [0.15, 0.2) is 5.75 Å². The predicted octanol–water partition coefficient (Wildman–Crippen LogP) is 3.81. The molecule has 5 heteroatoms. The third kappa shape index (κ3) is 2.97. The highest BCUT2D eigenvalue weighted by molar-refractivity contribution is 6.03. The zero-order chi connectivity index (χ0) is 18.2. The molecule has 0 bridgehead atoms. The second-order valence-corrected chi connectivity index (χ2v) is 7.44. The first-order valence-corrected chi connectivity index (χ1v) is 9.78. The molecule has 2 aromatic rings. The van der Waals surface area contributed by atoms with Crippen molar-refractivity contribution in [1.29, 1.82) is 0 Å². The van der Waals surface area contributed by atoms with Gasteiger partial charge in [-0.1, -0.05) is 30.7 Å². The minimum absolute atomic E-state index is 0.271. The number of ether oxygens (including phenoxy) is 1. The highest BCUT2D eigenvalue weighted by Crippen LogP contribution is 2.38. The third-order valence-corrected chi connectivity index (χ3v) is 5.78. The first-order chi connectivity index (χ1) is 13.3. The van der Waals surface area contributed by atoms with E-state index in [0.29, 0.717) is 5.91 Å². The zero-order valence-electron chi connectivity index (χ0n) is 15.3. The van der Waals surface area contributed by atoms with Crippen LogP contribution in [0.3, 0.4) is 0 Å². The van der Waals surface area contributed by atoms with Crippen LogP contribution in [0.1, 0.15) is 24.8 Å². The Morgan fingerprint density at radius 2 is 1.63 bits per heavy atom. The molecule has 2 fully saturated rings. The van der Waals surface area contributed by atoms with E-state index in [2.05, 4.69) is 11.0 Å². The molecular weight excluding hydrogens is 338 g/mol. The molecule has 3 aliphatic rings. The van der Waals surface area contributed by atoms with Crippen molar-refractivity contribution in [2.45, 2.75) is 19.3 Å². The minimum atomic E-state index is 0.271. The first-order valence-electron chi connectivity index (χ1n) is 9.78. The van der Waals surface area contributed by atoms with Gasteiger partial charge in [0.25, 0.3) is 0 Å². The highest BCUT2D eigenvalue weighted by Gasteiger charge is 2.32. The number of carbonyl (C=O) groups excluding carboxylic acids is 1. The molecule has 0 unspecified atom stereocenters. The van der Waals surface area contributed by atoms with Crippen molar-refractivity contribution in [2.75, 3.05) is 26.2 Å². The molecule has 0 spiro atoms. The summed E-state index contributed by atoms with van der Waals surface area (Å²) in [5.74, 6) is 3.16. The SMILES string of the molecule is O=C(C1CCC1)N1CCN(C2=Nc3ccccc3Oc3ccccc32)CC1. The van der Waals surface area contributed by atoms with Crippen LogP contribution < -0.4 is 4.74 Å². The van der Waals surface area contributed by atoms with E-state index in [-0.39, 0.29) is 5.92 Å². The smallest absolute Gasteiger partial charge is 0.225 e. The van der Waals surface area contributed by atoms with Crippen molar-refractivity contribution in [3.63, 3.8) is 0 Å². The van der Waals surface area contributed by atoms with E-state index < -0.39 is 0 Å². The number of para-hydroxylation sites is 3. The van der Waals surface area contributed by atoms with Crippen molar-refractivity contribution in [3.8, 4) is 11.5 Å². The number of fused-ring (bicyclic) bond motifs is 2. The summed E-state index contributed by atoms with van der Waals surface area (Å²) in [7, 11) is 0. The van der Waals surface area contributed by atoms with E-state index in [1.54, 1.807) is 0 Å². The Bertz CT molecular complexity index is 896. The number of hydrogen-bond acceptors (Lipinski definition) is 4. The van der Waals surface area contributed by atoms with Crippen LogP contribution in [0.5, 0.6) is 11.5 Å². The number of piperazine rings is 1. The lowest BCUT2D eigenvalue weighted by Crippen LogP contribution is -2.52. The molecule has 1 amide bonds. The lowest BCUT2D eigenvalue weighted by atomic mass is 9.84. The number of nitrogens with zero attached hydrogens (tertiary/aromatic N) is 3. The molecule has 0 atom stereocenters. The van der Waals surface area contributed by atoms with E-state index in [1.807, 2.05) is 47.4 Å². The molecule has 2 heterocycles. The second kappa shape index (κ2) is 6.72. The molecule has 1 saturated carbocycles. The summed E-state index contributed by atoms with van der Waals surface area (Å²) in [4.78, 5) is 21.8. The summed E-state index contributed by atoms with van der Waals surface area (Å²) in [6, 6.07) is 15.9. The molecule has 5 rings (SSSR count). The Morgan fingerprint density at radius 1 is 0.926 bits per heavy atom. The van der Waals surface area contributed by atoms with Crippen LogP contribution in [-0.4, -0.2) is 47.7 Å². The van der Waals surface area contributed by atoms with Gasteiger partial charge >= 0.3 is 0 Å². The molecule has 1 saturated heterocycles. The topological polar surface area (TPSA) is 45.1 Å². The number of carbonyl (C=O) groups is 1. The van der Waals surface area contributed by atoms with Crippen LogP contribution in [0.4, 0.5) is 5.69 Å². The van der Waals surface area contributed by atoms with Gasteiger partial charge in [0.05, 0.1) is 5.56 Å². The third-order valence-electron chi connectivity index (χ3n) is 5.78. The van der Waals surface area contributed by atoms with Gasteiger partial charge in [-0.15, -0.1) is 0 Å². The fourth-order valence-corrected chi connectivity index (χ4v) is 3.96. The molecule has 27 heavy (non-hydrogen) atoms.